The minimum atomic E-state index is 0.271. The Balaban J connectivity index is 1.98. The molecular formula is C15H27N3O. The highest BCUT2D eigenvalue weighted by atomic mass is 16.3. The average Bonchev–Trinajstić information content (AvgIpc) is 2.89. The van der Waals surface area contributed by atoms with E-state index >= 15 is 0 Å². The Hall–Kier alpha value is -0.870. The lowest BCUT2D eigenvalue weighted by molar-refractivity contribution is 0.0828. The fraction of sp³-hybridized carbons (Fsp3) is 0.800. The van der Waals surface area contributed by atoms with Crippen molar-refractivity contribution in [2.75, 3.05) is 13.2 Å². The molecule has 2 rings (SSSR count). The van der Waals surface area contributed by atoms with Gasteiger partial charge in [0, 0.05) is 18.8 Å². The number of hydrogen-bond donors (Lipinski definition) is 1. The van der Waals surface area contributed by atoms with Crippen LogP contribution in [0.25, 0.3) is 0 Å². The number of aliphatic hydroxyl groups excluding tert-OH is 1. The summed E-state index contributed by atoms with van der Waals surface area (Å²) in [4.78, 5) is 2.38. The van der Waals surface area contributed by atoms with E-state index in [0.717, 1.165) is 38.0 Å². The van der Waals surface area contributed by atoms with Gasteiger partial charge in [0.15, 0.2) is 0 Å². The van der Waals surface area contributed by atoms with Crippen LogP contribution in [0.2, 0.25) is 0 Å². The molecule has 4 heteroatoms. The zero-order chi connectivity index (χ0) is 13.7. The zero-order valence-electron chi connectivity index (χ0n) is 12.3. The molecular weight excluding hydrogens is 238 g/mol. The summed E-state index contributed by atoms with van der Waals surface area (Å²) in [5.74, 6) is 0. The SMILES string of the molecule is CCC(CC)n1ccc(CN2CCCCC2CO)n1. The standard InChI is InChI=1S/C15H27N3O/c1-3-14(4-2)18-10-8-13(16-18)11-17-9-6-5-7-15(17)12-19/h8,10,14-15,19H,3-7,9,11-12H2,1-2H3. The molecule has 1 unspecified atom stereocenters. The predicted octanol–water partition coefficient (Wildman–Crippen LogP) is 2.59. The molecule has 1 N–H and O–H groups in total. The topological polar surface area (TPSA) is 41.3 Å². The molecule has 0 radical (unpaired) electrons. The first-order valence-corrected chi connectivity index (χ1v) is 7.67. The summed E-state index contributed by atoms with van der Waals surface area (Å²) in [6, 6.07) is 2.97. The normalized spacial score (nSPS) is 21.2. The van der Waals surface area contributed by atoms with Crippen molar-refractivity contribution in [2.24, 2.45) is 0 Å². The van der Waals surface area contributed by atoms with Crippen LogP contribution in [0.4, 0.5) is 0 Å². The summed E-state index contributed by atoms with van der Waals surface area (Å²) < 4.78 is 2.10. The van der Waals surface area contributed by atoms with Crippen molar-refractivity contribution in [3.05, 3.63) is 18.0 Å². The lowest BCUT2D eigenvalue weighted by Gasteiger charge is -2.33. The number of nitrogens with zero attached hydrogens (tertiary/aromatic N) is 3. The number of hydrogen-bond acceptors (Lipinski definition) is 3. The van der Waals surface area contributed by atoms with Crippen LogP contribution in [0.1, 0.15) is 57.7 Å². The second-order valence-electron chi connectivity index (χ2n) is 5.56. The molecule has 0 amide bonds. The Kier molecular flexibility index (Phi) is 5.40. The van der Waals surface area contributed by atoms with Gasteiger partial charge in [0.2, 0.25) is 0 Å². The Morgan fingerprint density at radius 1 is 1.37 bits per heavy atom. The largest absolute Gasteiger partial charge is 0.395 e. The van der Waals surface area contributed by atoms with Crippen LogP contribution < -0.4 is 0 Å². The monoisotopic (exact) mass is 265 g/mol. The Morgan fingerprint density at radius 2 is 2.16 bits per heavy atom. The van der Waals surface area contributed by atoms with Crippen molar-refractivity contribution in [1.82, 2.24) is 14.7 Å². The van der Waals surface area contributed by atoms with Crippen molar-refractivity contribution in [3.8, 4) is 0 Å². The Labute approximate surface area is 116 Å². The van der Waals surface area contributed by atoms with E-state index in [9.17, 15) is 5.11 Å². The number of rotatable bonds is 6. The molecule has 1 aliphatic rings. The van der Waals surface area contributed by atoms with Gasteiger partial charge in [-0.05, 0) is 38.3 Å². The van der Waals surface area contributed by atoms with Crippen molar-refractivity contribution in [3.63, 3.8) is 0 Å². The van der Waals surface area contributed by atoms with Crippen LogP contribution in [0, 0.1) is 0 Å². The first-order chi connectivity index (χ1) is 9.28. The molecule has 2 heterocycles. The van der Waals surface area contributed by atoms with Crippen molar-refractivity contribution >= 4 is 0 Å². The summed E-state index contributed by atoms with van der Waals surface area (Å²) in [6.45, 7) is 6.65. The zero-order valence-corrected chi connectivity index (χ0v) is 12.3. The van der Waals surface area contributed by atoms with E-state index in [0.29, 0.717) is 12.1 Å². The first-order valence-electron chi connectivity index (χ1n) is 7.67. The summed E-state index contributed by atoms with van der Waals surface area (Å²) >= 11 is 0. The van der Waals surface area contributed by atoms with Gasteiger partial charge in [-0.25, -0.2) is 0 Å². The number of aromatic nitrogens is 2. The maximum atomic E-state index is 9.44. The summed E-state index contributed by atoms with van der Waals surface area (Å²) in [5.41, 5.74) is 1.13. The molecule has 1 aromatic heterocycles. The van der Waals surface area contributed by atoms with Crippen molar-refractivity contribution in [1.29, 1.82) is 0 Å². The third kappa shape index (κ3) is 3.57. The van der Waals surface area contributed by atoms with E-state index in [-0.39, 0.29) is 6.61 Å². The smallest absolute Gasteiger partial charge is 0.0765 e. The van der Waals surface area contributed by atoms with Gasteiger partial charge in [-0.3, -0.25) is 9.58 Å². The van der Waals surface area contributed by atoms with Crippen LogP contribution in [-0.4, -0.2) is 39.0 Å². The van der Waals surface area contributed by atoms with Crippen LogP contribution in [-0.2, 0) is 6.54 Å². The van der Waals surface area contributed by atoms with Gasteiger partial charge in [-0.15, -0.1) is 0 Å². The highest BCUT2D eigenvalue weighted by Crippen LogP contribution is 2.20. The van der Waals surface area contributed by atoms with Crippen LogP contribution >= 0.6 is 0 Å². The molecule has 0 bridgehead atoms. The third-order valence-electron chi connectivity index (χ3n) is 4.31. The highest BCUT2D eigenvalue weighted by Gasteiger charge is 2.22. The van der Waals surface area contributed by atoms with Gasteiger partial charge < -0.3 is 5.11 Å². The van der Waals surface area contributed by atoms with E-state index in [2.05, 4.69) is 35.7 Å². The van der Waals surface area contributed by atoms with Crippen LogP contribution in [0.15, 0.2) is 12.3 Å². The average molecular weight is 265 g/mol. The molecule has 1 saturated heterocycles. The molecule has 1 aromatic rings. The minimum absolute atomic E-state index is 0.271. The fourth-order valence-electron chi connectivity index (χ4n) is 3.01. The quantitative estimate of drug-likeness (QED) is 0.859. The van der Waals surface area contributed by atoms with Crippen LogP contribution in [0.3, 0.4) is 0 Å². The van der Waals surface area contributed by atoms with Gasteiger partial charge in [0.1, 0.15) is 0 Å². The second kappa shape index (κ2) is 7.06. The second-order valence-corrected chi connectivity index (χ2v) is 5.56. The predicted molar refractivity (Wildman–Crippen MR) is 77.0 cm³/mol. The van der Waals surface area contributed by atoms with E-state index in [4.69, 9.17) is 5.10 Å². The fourth-order valence-corrected chi connectivity index (χ4v) is 3.01. The van der Waals surface area contributed by atoms with Gasteiger partial charge in [-0.2, -0.15) is 5.10 Å². The molecule has 0 saturated carbocycles. The molecule has 1 fully saturated rings. The van der Waals surface area contributed by atoms with Crippen molar-refractivity contribution < 1.29 is 5.11 Å². The minimum Gasteiger partial charge on any atom is -0.395 e. The van der Waals surface area contributed by atoms with E-state index in [1.54, 1.807) is 0 Å². The third-order valence-corrected chi connectivity index (χ3v) is 4.31. The molecule has 108 valence electrons. The first kappa shape index (κ1) is 14.5. The lowest BCUT2D eigenvalue weighted by atomic mass is 10.0. The molecule has 4 nitrogen and oxygen atoms in total. The van der Waals surface area contributed by atoms with Crippen LogP contribution in [0.5, 0.6) is 0 Å². The molecule has 1 atom stereocenters. The molecule has 19 heavy (non-hydrogen) atoms. The molecule has 1 aliphatic heterocycles. The molecule has 0 aliphatic carbocycles. The van der Waals surface area contributed by atoms with Crippen molar-refractivity contribution in [2.45, 2.75) is 64.6 Å². The van der Waals surface area contributed by atoms with Gasteiger partial charge >= 0.3 is 0 Å². The van der Waals surface area contributed by atoms with Gasteiger partial charge in [0.25, 0.3) is 0 Å². The lowest BCUT2D eigenvalue weighted by Crippen LogP contribution is -2.41. The van der Waals surface area contributed by atoms with Gasteiger partial charge in [0.05, 0.1) is 18.3 Å². The maximum Gasteiger partial charge on any atom is 0.0765 e. The number of aliphatic hydroxyl groups is 1. The number of piperidine rings is 1. The Morgan fingerprint density at radius 3 is 2.84 bits per heavy atom. The van der Waals surface area contributed by atoms with Gasteiger partial charge in [-0.1, -0.05) is 20.3 Å². The summed E-state index contributed by atoms with van der Waals surface area (Å²) in [7, 11) is 0. The summed E-state index contributed by atoms with van der Waals surface area (Å²) in [5, 5.41) is 14.2. The van der Waals surface area contributed by atoms with E-state index < -0.39 is 0 Å². The molecule has 0 spiro atoms. The van der Waals surface area contributed by atoms with E-state index in [1.165, 1.54) is 12.8 Å². The maximum absolute atomic E-state index is 9.44. The summed E-state index contributed by atoms with van der Waals surface area (Å²) in [6.07, 6.45) is 7.95. The van der Waals surface area contributed by atoms with E-state index in [1.807, 2.05) is 0 Å². The number of likely N-dealkylation sites (tertiary alicyclic amines) is 1. The molecule has 0 aromatic carbocycles. The highest BCUT2D eigenvalue weighted by molar-refractivity contribution is 5.00. The Bertz CT molecular complexity index is 373.